The third-order valence-electron chi connectivity index (χ3n) is 1.78. The summed E-state index contributed by atoms with van der Waals surface area (Å²) in [4.78, 5) is 3.50. The molecule has 14 heavy (non-hydrogen) atoms. The van der Waals surface area contributed by atoms with Crippen LogP contribution in [-0.4, -0.2) is 10.1 Å². The van der Waals surface area contributed by atoms with Crippen LogP contribution in [0, 0.1) is 0 Å². The number of anilines is 1. The normalized spacial score (nSPS) is 10.9. The van der Waals surface area contributed by atoms with Crippen LogP contribution in [-0.2, 0) is 11.9 Å². The molecular formula is C8H9BrF2N2O. The predicted octanol–water partition coefficient (Wildman–Crippen LogP) is 1.99. The first-order chi connectivity index (χ1) is 6.60. The molecule has 0 saturated heterocycles. The number of aromatic nitrogens is 1. The number of aliphatic hydroxyl groups is 1. The predicted molar refractivity (Wildman–Crippen MR) is 52.2 cm³/mol. The Morgan fingerprint density at radius 3 is 2.64 bits per heavy atom. The van der Waals surface area contributed by atoms with E-state index in [2.05, 4.69) is 20.9 Å². The van der Waals surface area contributed by atoms with Crippen molar-refractivity contribution < 1.29 is 13.9 Å². The van der Waals surface area contributed by atoms with Crippen molar-refractivity contribution in [3.8, 4) is 0 Å². The molecule has 0 saturated carbocycles. The zero-order chi connectivity index (χ0) is 10.7. The molecule has 0 fully saturated rings. The summed E-state index contributed by atoms with van der Waals surface area (Å²) >= 11 is 3.13. The lowest BCUT2D eigenvalue weighted by Crippen LogP contribution is -2.05. The third kappa shape index (κ3) is 2.19. The lowest BCUT2D eigenvalue weighted by atomic mass is 10.1. The van der Waals surface area contributed by atoms with Gasteiger partial charge in [0, 0.05) is 10.9 Å². The van der Waals surface area contributed by atoms with Crippen LogP contribution in [0.1, 0.15) is 23.2 Å². The number of alkyl halides is 3. The fourth-order valence-corrected chi connectivity index (χ4v) is 1.65. The van der Waals surface area contributed by atoms with Crippen LogP contribution in [0.3, 0.4) is 0 Å². The summed E-state index contributed by atoms with van der Waals surface area (Å²) in [6.45, 7) is -0.464. The Bertz CT molecular complexity index is 333. The summed E-state index contributed by atoms with van der Waals surface area (Å²) in [6, 6.07) is 1.46. The molecule has 1 heterocycles. The van der Waals surface area contributed by atoms with Gasteiger partial charge in [-0.15, -0.1) is 0 Å². The Hall–Kier alpha value is -0.750. The molecule has 0 aliphatic heterocycles. The summed E-state index contributed by atoms with van der Waals surface area (Å²) < 4.78 is 24.9. The van der Waals surface area contributed by atoms with Gasteiger partial charge in [0.15, 0.2) is 0 Å². The largest absolute Gasteiger partial charge is 0.392 e. The van der Waals surface area contributed by atoms with Crippen LogP contribution in [0.2, 0.25) is 0 Å². The van der Waals surface area contributed by atoms with E-state index in [1.165, 1.54) is 6.07 Å². The Morgan fingerprint density at radius 2 is 2.21 bits per heavy atom. The molecule has 0 radical (unpaired) electrons. The third-order valence-corrected chi connectivity index (χ3v) is 2.38. The second-order valence-electron chi connectivity index (χ2n) is 2.66. The van der Waals surface area contributed by atoms with Crippen LogP contribution in [0.25, 0.3) is 0 Å². The van der Waals surface area contributed by atoms with Gasteiger partial charge in [-0.25, -0.2) is 13.8 Å². The molecule has 0 spiro atoms. The second-order valence-corrected chi connectivity index (χ2v) is 3.22. The molecule has 0 aromatic carbocycles. The summed E-state index contributed by atoms with van der Waals surface area (Å²) in [6.07, 6.45) is -2.72. The number of pyridine rings is 1. The highest BCUT2D eigenvalue weighted by molar-refractivity contribution is 9.08. The Balaban J connectivity index is 3.31. The quantitative estimate of drug-likeness (QED) is 0.823. The van der Waals surface area contributed by atoms with Crippen LogP contribution < -0.4 is 5.73 Å². The van der Waals surface area contributed by atoms with Crippen molar-refractivity contribution in [2.75, 3.05) is 5.73 Å². The van der Waals surface area contributed by atoms with Crippen molar-refractivity contribution >= 4 is 21.7 Å². The maximum Gasteiger partial charge on any atom is 0.280 e. The van der Waals surface area contributed by atoms with E-state index in [-0.39, 0.29) is 11.4 Å². The smallest absolute Gasteiger partial charge is 0.280 e. The van der Waals surface area contributed by atoms with Crippen LogP contribution >= 0.6 is 15.9 Å². The molecule has 0 aliphatic rings. The molecule has 0 amide bonds. The standard InChI is InChI=1S/C8H9BrF2N2O/c9-2-4-1-6(12)13-7(8(10)11)5(4)3-14/h1,8,14H,2-3H2,(H2,12,13). The van der Waals surface area contributed by atoms with Gasteiger partial charge in [0.25, 0.3) is 6.43 Å². The zero-order valence-electron chi connectivity index (χ0n) is 7.17. The van der Waals surface area contributed by atoms with Gasteiger partial charge in [-0.3, -0.25) is 0 Å². The molecule has 1 rings (SSSR count). The van der Waals surface area contributed by atoms with Gasteiger partial charge in [0.2, 0.25) is 0 Å². The Morgan fingerprint density at radius 1 is 1.57 bits per heavy atom. The Labute approximate surface area is 88.1 Å². The maximum atomic E-state index is 12.5. The average Bonchev–Trinajstić information content (AvgIpc) is 2.16. The fourth-order valence-electron chi connectivity index (χ4n) is 1.15. The van der Waals surface area contributed by atoms with Crippen LogP contribution in [0.15, 0.2) is 6.07 Å². The van der Waals surface area contributed by atoms with E-state index in [4.69, 9.17) is 10.8 Å². The number of hydrogen-bond acceptors (Lipinski definition) is 3. The fraction of sp³-hybridized carbons (Fsp3) is 0.375. The highest BCUT2D eigenvalue weighted by Gasteiger charge is 2.18. The molecule has 0 bridgehead atoms. The SMILES string of the molecule is Nc1cc(CBr)c(CO)c(C(F)F)n1. The number of nitrogen functional groups attached to an aromatic ring is 1. The number of halogens is 3. The van der Waals surface area contributed by atoms with Gasteiger partial charge in [0.1, 0.15) is 11.5 Å². The number of rotatable bonds is 3. The summed E-state index contributed by atoms with van der Waals surface area (Å²) in [5.41, 5.74) is 5.59. The molecule has 3 nitrogen and oxygen atoms in total. The highest BCUT2D eigenvalue weighted by Crippen LogP contribution is 2.26. The van der Waals surface area contributed by atoms with Crippen LogP contribution in [0.5, 0.6) is 0 Å². The molecule has 1 aromatic rings. The zero-order valence-corrected chi connectivity index (χ0v) is 8.76. The van der Waals surface area contributed by atoms with Crippen molar-refractivity contribution in [2.45, 2.75) is 18.4 Å². The van der Waals surface area contributed by atoms with Gasteiger partial charge in [-0.1, -0.05) is 15.9 Å². The lowest BCUT2D eigenvalue weighted by molar-refractivity contribution is 0.141. The number of hydrogen-bond donors (Lipinski definition) is 2. The summed E-state index contributed by atoms with van der Waals surface area (Å²) in [5.74, 6) is 0.0342. The lowest BCUT2D eigenvalue weighted by Gasteiger charge is -2.10. The molecule has 0 unspecified atom stereocenters. The van der Waals surface area contributed by atoms with Crippen molar-refractivity contribution in [3.05, 3.63) is 22.9 Å². The van der Waals surface area contributed by atoms with Crippen molar-refractivity contribution in [3.63, 3.8) is 0 Å². The van der Waals surface area contributed by atoms with Gasteiger partial charge >= 0.3 is 0 Å². The van der Waals surface area contributed by atoms with Gasteiger partial charge in [-0.2, -0.15) is 0 Å². The van der Waals surface area contributed by atoms with Crippen LogP contribution in [0.4, 0.5) is 14.6 Å². The maximum absolute atomic E-state index is 12.5. The van der Waals surface area contributed by atoms with Gasteiger partial charge in [-0.05, 0) is 11.6 Å². The summed E-state index contributed by atoms with van der Waals surface area (Å²) in [7, 11) is 0. The molecule has 78 valence electrons. The number of aliphatic hydroxyl groups excluding tert-OH is 1. The van der Waals surface area contributed by atoms with E-state index in [9.17, 15) is 8.78 Å². The van der Waals surface area contributed by atoms with E-state index in [0.29, 0.717) is 10.9 Å². The molecule has 6 heteroatoms. The first-order valence-electron chi connectivity index (χ1n) is 3.83. The van der Waals surface area contributed by atoms with Crippen molar-refractivity contribution in [2.24, 2.45) is 0 Å². The number of nitrogens with zero attached hydrogens (tertiary/aromatic N) is 1. The Kier molecular flexibility index (Phi) is 3.77. The second kappa shape index (κ2) is 4.65. The minimum atomic E-state index is -2.72. The molecule has 0 aliphatic carbocycles. The number of nitrogens with two attached hydrogens (primary N) is 1. The average molecular weight is 267 g/mol. The first-order valence-corrected chi connectivity index (χ1v) is 4.95. The molecule has 3 N–H and O–H groups in total. The van der Waals surface area contributed by atoms with E-state index in [1.807, 2.05) is 0 Å². The minimum Gasteiger partial charge on any atom is -0.392 e. The van der Waals surface area contributed by atoms with E-state index >= 15 is 0 Å². The van der Waals surface area contributed by atoms with E-state index < -0.39 is 18.7 Å². The van der Waals surface area contributed by atoms with Crippen molar-refractivity contribution in [1.29, 1.82) is 0 Å². The van der Waals surface area contributed by atoms with E-state index in [1.54, 1.807) is 0 Å². The first kappa shape index (κ1) is 11.3. The van der Waals surface area contributed by atoms with Crippen molar-refractivity contribution in [1.82, 2.24) is 4.98 Å². The van der Waals surface area contributed by atoms with Gasteiger partial charge in [0.05, 0.1) is 6.61 Å². The molecule has 1 aromatic heterocycles. The minimum absolute atomic E-state index is 0.0342. The van der Waals surface area contributed by atoms with Gasteiger partial charge < -0.3 is 10.8 Å². The van der Waals surface area contributed by atoms with E-state index in [0.717, 1.165) is 0 Å². The monoisotopic (exact) mass is 266 g/mol. The topological polar surface area (TPSA) is 59.1 Å². The highest BCUT2D eigenvalue weighted by atomic mass is 79.9. The molecule has 0 atom stereocenters. The summed E-state index contributed by atoms with van der Waals surface area (Å²) in [5, 5.41) is 9.29. The molecular weight excluding hydrogens is 258 g/mol.